The first-order valence-corrected chi connectivity index (χ1v) is 7.13. The van der Waals surface area contributed by atoms with Crippen molar-refractivity contribution in [3.8, 4) is 0 Å². The highest BCUT2D eigenvalue weighted by Crippen LogP contribution is 2.30. The van der Waals surface area contributed by atoms with E-state index in [0.29, 0.717) is 6.42 Å². The molecule has 1 aliphatic rings. The first-order valence-electron chi connectivity index (χ1n) is 7.13. The Morgan fingerprint density at radius 1 is 1.21 bits per heavy atom. The number of hydrogen-bond acceptors (Lipinski definition) is 2. The minimum absolute atomic E-state index is 0.0118. The number of aliphatic carboxylic acids is 1. The zero-order valence-electron chi connectivity index (χ0n) is 11.3. The number of benzene rings is 1. The molecule has 2 rings (SSSR count). The molecule has 0 aromatic heterocycles. The van der Waals surface area contributed by atoms with E-state index in [1.54, 1.807) is 0 Å². The van der Waals surface area contributed by atoms with Crippen LogP contribution in [0, 0.1) is 5.92 Å². The molecule has 19 heavy (non-hydrogen) atoms. The average Bonchev–Trinajstić information content (AvgIpc) is 2.89. The predicted molar refractivity (Wildman–Crippen MR) is 74.0 cm³/mol. The van der Waals surface area contributed by atoms with Gasteiger partial charge in [0.2, 0.25) is 0 Å². The van der Waals surface area contributed by atoms with Crippen LogP contribution in [-0.4, -0.2) is 16.2 Å². The van der Waals surface area contributed by atoms with Crippen molar-refractivity contribution >= 4 is 5.97 Å². The summed E-state index contributed by atoms with van der Waals surface area (Å²) in [6, 6.07) is 6.00. The molecule has 0 atom stereocenters. The second-order valence-electron chi connectivity index (χ2n) is 5.46. The number of carboxylic acids is 1. The van der Waals surface area contributed by atoms with Crippen molar-refractivity contribution < 1.29 is 15.0 Å². The van der Waals surface area contributed by atoms with Crippen LogP contribution in [0.25, 0.3) is 0 Å². The Morgan fingerprint density at radius 3 is 2.53 bits per heavy atom. The van der Waals surface area contributed by atoms with Crippen LogP contribution in [0.5, 0.6) is 0 Å². The standard InChI is InChI=1S/C16H22O3/c17-11-15-13(8-9-16(18)19)6-3-7-14(15)10-12-4-1-2-5-12/h3,6-7,12,17H,1-2,4-5,8-11H2,(H,18,19). The zero-order chi connectivity index (χ0) is 13.7. The summed E-state index contributed by atoms with van der Waals surface area (Å²) in [6.07, 6.45) is 6.85. The van der Waals surface area contributed by atoms with Gasteiger partial charge in [-0.1, -0.05) is 43.9 Å². The number of carbonyl (C=O) groups is 1. The number of aryl methyl sites for hydroxylation is 1. The minimum atomic E-state index is -0.787. The van der Waals surface area contributed by atoms with Gasteiger partial charge in [0.15, 0.2) is 0 Å². The fourth-order valence-electron chi connectivity index (χ4n) is 3.08. The van der Waals surface area contributed by atoms with E-state index in [0.717, 1.165) is 23.5 Å². The third kappa shape index (κ3) is 3.80. The molecule has 2 N–H and O–H groups in total. The lowest BCUT2D eigenvalue weighted by Gasteiger charge is -2.15. The largest absolute Gasteiger partial charge is 0.481 e. The Kier molecular flexibility index (Phi) is 4.97. The van der Waals surface area contributed by atoms with Gasteiger partial charge in [0, 0.05) is 6.42 Å². The molecular formula is C16H22O3. The molecular weight excluding hydrogens is 240 g/mol. The van der Waals surface area contributed by atoms with E-state index in [4.69, 9.17) is 5.11 Å². The second kappa shape index (κ2) is 6.71. The summed E-state index contributed by atoms with van der Waals surface area (Å²) >= 11 is 0. The lowest BCUT2D eigenvalue weighted by molar-refractivity contribution is -0.136. The third-order valence-electron chi connectivity index (χ3n) is 4.12. The van der Waals surface area contributed by atoms with Crippen LogP contribution in [0.1, 0.15) is 48.8 Å². The van der Waals surface area contributed by atoms with Gasteiger partial charge in [0.05, 0.1) is 6.61 Å². The lowest BCUT2D eigenvalue weighted by atomic mass is 9.91. The molecule has 1 fully saturated rings. The highest BCUT2D eigenvalue weighted by Gasteiger charge is 2.18. The van der Waals surface area contributed by atoms with Crippen LogP contribution in [0.15, 0.2) is 18.2 Å². The van der Waals surface area contributed by atoms with E-state index in [2.05, 4.69) is 6.07 Å². The van der Waals surface area contributed by atoms with Crippen molar-refractivity contribution in [1.29, 1.82) is 0 Å². The number of rotatable bonds is 6. The highest BCUT2D eigenvalue weighted by atomic mass is 16.4. The van der Waals surface area contributed by atoms with Gasteiger partial charge in [-0.15, -0.1) is 0 Å². The SMILES string of the molecule is O=C(O)CCc1cccc(CC2CCCC2)c1CO. The normalized spacial score (nSPS) is 15.8. The van der Waals surface area contributed by atoms with E-state index in [9.17, 15) is 9.90 Å². The Hall–Kier alpha value is -1.35. The van der Waals surface area contributed by atoms with Gasteiger partial charge in [-0.3, -0.25) is 4.79 Å². The van der Waals surface area contributed by atoms with E-state index >= 15 is 0 Å². The van der Waals surface area contributed by atoms with Crippen molar-refractivity contribution in [2.75, 3.05) is 0 Å². The fourth-order valence-corrected chi connectivity index (χ4v) is 3.08. The van der Waals surface area contributed by atoms with Gasteiger partial charge >= 0.3 is 5.97 Å². The van der Waals surface area contributed by atoms with Crippen LogP contribution in [0.4, 0.5) is 0 Å². The predicted octanol–water partition coefficient (Wildman–Crippen LogP) is 2.93. The Balaban J connectivity index is 2.12. The van der Waals surface area contributed by atoms with Crippen LogP contribution >= 0.6 is 0 Å². The average molecular weight is 262 g/mol. The van der Waals surface area contributed by atoms with Crippen LogP contribution in [0.3, 0.4) is 0 Å². The number of hydrogen-bond donors (Lipinski definition) is 2. The van der Waals surface area contributed by atoms with E-state index in [-0.39, 0.29) is 13.0 Å². The van der Waals surface area contributed by atoms with Crippen LogP contribution in [0.2, 0.25) is 0 Å². The van der Waals surface area contributed by atoms with Crippen molar-refractivity contribution in [3.63, 3.8) is 0 Å². The van der Waals surface area contributed by atoms with Gasteiger partial charge in [0.25, 0.3) is 0 Å². The Labute approximate surface area is 114 Å². The molecule has 1 aliphatic carbocycles. The van der Waals surface area contributed by atoms with Gasteiger partial charge in [-0.25, -0.2) is 0 Å². The minimum Gasteiger partial charge on any atom is -0.481 e. The molecule has 0 amide bonds. The summed E-state index contributed by atoms with van der Waals surface area (Å²) in [5.74, 6) is -0.0508. The van der Waals surface area contributed by atoms with Gasteiger partial charge in [-0.05, 0) is 35.4 Å². The van der Waals surface area contributed by atoms with Crippen molar-refractivity contribution in [2.45, 2.75) is 51.6 Å². The molecule has 0 spiro atoms. The maximum atomic E-state index is 10.7. The van der Waals surface area contributed by atoms with Crippen molar-refractivity contribution in [1.82, 2.24) is 0 Å². The molecule has 1 saturated carbocycles. The van der Waals surface area contributed by atoms with Crippen molar-refractivity contribution in [2.24, 2.45) is 5.92 Å². The molecule has 0 saturated heterocycles. The second-order valence-corrected chi connectivity index (χ2v) is 5.46. The highest BCUT2D eigenvalue weighted by molar-refractivity contribution is 5.67. The van der Waals surface area contributed by atoms with E-state index in [1.807, 2.05) is 12.1 Å². The molecule has 0 aliphatic heterocycles. The fraction of sp³-hybridized carbons (Fsp3) is 0.562. The van der Waals surface area contributed by atoms with Gasteiger partial charge in [-0.2, -0.15) is 0 Å². The van der Waals surface area contributed by atoms with Crippen molar-refractivity contribution in [3.05, 3.63) is 34.9 Å². The Morgan fingerprint density at radius 2 is 1.89 bits per heavy atom. The number of carboxylic acid groups (broad SMARTS) is 1. The summed E-state index contributed by atoms with van der Waals surface area (Å²) in [6.45, 7) is 0.0118. The number of aliphatic hydroxyl groups excluding tert-OH is 1. The lowest BCUT2D eigenvalue weighted by Crippen LogP contribution is -2.07. The molecule has 0 heterocycles. The van der Waals surface area contributed by atoms with E-state index < -0.39 is 5.97 Å². The Bertz CT molecular complexity index is 434. The summed E-state index contributed by atoms with van der Waals surface area (Å²) in [5, 5.41) is 18.4. The molecule has 3 nitrogen and oxygen atoms in total. The zero-order valence-corrected chi connectivity index (χ0v) is 11.3. The summed E-state index contributed by atoms with van der Waals surface area (Å²) in [7, 11) is 0. The topological polar surface area (TPSA) is 57.5 Å². The molecule has 1 aromatic rings. The molecule has 3 heteroatoms. The maximum Gasteiger partial charge on any atom is 0.303 e. The van der Waals surface area contributed by atoms with Gasteiger partial charge in [0.1, 0.15) is 0 Å². The molecule has 104 valence electrons. The summed E-state index contributed by atoms with van der Waals surface area (Å²) < 4.78 is 0. The van der Waals surface area contributed by atoms with Crippen LogP contribution in [-0.2, 0) is 24.2 Å². The maximum absolute atomic E-state index is 10.7. The molecule has 0 radical (unpaired) electrons. The molecule has 0 unspecified atom stereocenters. The monoisotopic (exact) mass is 262 g/mol. The quantitative estimate of drug-likeness (QED) is 0.828. The third-order valence-corrected chi connectivity index (χ3v) is 4.12. The van der Waals surface area contributed by atoms with Crippen LogP contribution < -0.4 is 0 Å². The summed E-state index contributed by atoms with van der Waals surface area (Å²) in [5.41, 5.74) is 3.15. The van der Waals surface area contributed by atoms with Gasteiger partial charge < -0.3 is 10.2 Å². The first-order chi connectivity index (χ1) is 9.20. The van der Waals surface area contributed by atoms with E-state index in [1.165, 1.54) is 31.2 Å². The molecule has 1 aromatic carbocycles. The molecule has 0 bridgehead atoms. The smallest absolute Gasteiger partial charge is 0.303 e. The number of aliphatic hydroxyl groups is 1. The summed E-state index contributed by atoms with van der Waals surface area (Å²) in [4.78, 5) is 10.7. The first kappa shape index (κ1) is 14.1.